The van der Waals surface area contributed by atoms with Crippen molar-refractivity contribution < 1.29 is 19.1 Å². The predicted molar refractivity (Wildman–Crippen MR) is 171 cm³/mol. The molecule has 44 heavy (non-hydrogen) atoms. The highest BCUT2D eigenvalue weighted by Crippen LogP contribution is 2.30. The van der Waals surface area contributed by atoms with Gasteiger partial charge in [0.2, 0.25) is 0 Å². The summed E-state index contributed by atoms with van der Waals surface area (Å²) in [5, 5.41) is 3.49. The summed E-state index contributed by atoms with van der Waals surface area (Å²) in [5.41, 5.74) is 2.13. The topological polar surface area (TPSA) is 94.8 Å². The van der Waals surface area contributed by atoms with E-state index >= 15 is 0 Å². The summed E-state index contributed by atoms with van der Waals surface area (Å²) in [7, 11) is 1.60. The first-order valence-corrected chi connectivity index (χ1v) is 15.6. The molecule has 9 nitrogen and oxygen atoms in total. The first-order chi connectivity index (χ1) is 21.1. The van der Waals surface area contributed by atoms with E-state index in [0.29, 0.717) is 37.9 Å². The van der Waals surface area contributed by atoms with Crippen LogP contribution in [0.1, 0.15) is 64.8 Å². The van der Waals surface area contributed by atoms with Crippen LogP contribution >= 0.6 is 27.5 Å². The SMILES string of the molecule is COc1ccc([C@H](C)NC(=O)c2c3n(c(=O)n2-c2ccc(OC4CC4)cc2)C[C@H](C)N(C(=O)c2ccc(Br)c(Cl)c2)C3)cc1. The molecular weight excluding hydrogens is 648 g/mol. The molecule has 6 rings (SSSR count). The smallest absolute Gasteiger partial charge is 0.333 e. The number of benzene rings is 3. The van der Waals surface area contributed by atoms with Crippen molar-refractivity contribution in [2.45, 2.75) is 58.0 Å². The maximum atomic E-state index is 14.1. The monoisotopic (exact) mass is 678 g/mol. The van der Waals surface area contributed by atoms with Crippen molar-refractivity contribution in [2.75, 3.05) is 7.11 Å². The van der Waals surface area contributed by atoms with E-state index in [0.717, 1.165) is 18.4 Å². The van der Waals surface area contributed by atoms with Crippen molar-refractivity contribution >= 4 is 39.3 Å². The fraction of sp³-hybridized carbons (Fsp3) is 0.303. The molecule has 1 aliphatic heterocycles. The van der Waals surface area contributed by atoms with Gasteiger partial charge in [0.15, 0.2) is 0 Å². The van der Waals surface area contributed by atoms with Gasteiger partial charge in [0.05, 0.1) is 42.2 Å². The van der Waals surface area contributed by atoms with Crippen molar-refractivity contribution in [2.24, 2.45) is 0 Å². The lowest BCUT2D eigenvalue weighted by atomic mass is 10.1. The highest BCUT2D eigenvalue weighted by molar-refractivity contribution is 9.10. The highest BCUT2D eigenvalue weighted by atomic mass is 79.9. The summed E-state index contributed by atoms with van der Waals surface area (Å²) in [5.74, 6) is 0.762. The van der Waals surface area contributed by atoms with Crippen LogP contribution in [-0.2, 0) is 13.1 Å². The molecule has 0 radical (unpaired) electrons. The van der Waals surface area contributed by atoms with Gasteiger partial charge >= 0.3 is 5.69 Å². The van der Waals surface area contributed by atoms with Gasteiger partial charge in [0, 0.05) is 22.6 Å². The molecular formula is C33H32BrClN4O5. The average molecular weight is 680 g/mol. The normalized spacial score (nSPS) is 16.7. The largest absolute Gasteiger partial charge is 0.497 e. The molecule has 4 aromatic rings. The Kier molecular flexibility index (Phi) is 8.30. The summed E-state index contributed by atoms with van der Waals surface area (Å²) >= 11 is 9.67. The second-order valence-electron chi connectivity index (χ2n) is 11.2. The Morgan fingerprint density at radius 3 is 2.34 bits per heavy atom. The van der Waals surface area contributed by atoms with E-state index in [1.165, 1.54) is 4.57 Å². The number of halogens is 2. The minimum Gasteiger partial charge on any atom is -0.497 e. The van der Waals surface area contributed by atoms with Crippen molar-refractivity contribution in [3.63, 3.8) is 0 Å². The third kappa shape index (κ3) is 5.88. The Labute approximate surface area is 268 Å². The van der Waals surface area contributed by atoms with Crippen molar-refractivity contribution in [1.29, 1.82) is 0 Å². The fourth-order valence-corrected chi connectivity index (χ4v) is 5.88. The Hall–Kier alpha value is -4.02. The Morgan fingerprint density at radius 2 is 1.70 bits per heavy atom. The van der Waals surface area contributed by atoms with Crippen LogP contribution in [0.4, 0.5) is 0 Å². The zero-order valence-electron chi connectivity index (χ0n) is 24.6. The molecule has 2 heterocycles. The van der Waals surface area contributed by atoms with Crippen LogP contribution in [0.2, 0.25) is 5.02 Å². The molecule has 0 spiro atoms. The van der Waals surface area contributed by atoms with Gasteiger partial charge in [-0.2, -0.15) is 0 Å². The molecule has 1 aliphatic carbocycles. The third-order valence-electron chi connectivity index (χ3n) is 8.07. The minimum atomic E-state index is -0.425. The number of hydrogen-bond acceptors (Lipinski definition) is 5. The van der Waals surface area contributed by atoms with E-state index in [9.17, 15) is 14.4 Å². The maximum Gasteiger partial charge on any atom is 0.333 e. The number of carbonyl (C=O) groups excluding carboxylic acids is 2. The number of nitrogens with zero attached hydrogens (tertiary/aromatic N) is 3. The molecule has 1 fully saturated rings. The molecule has 2 amide bonds. The highest BCUT2D eigenvalue weighted by Gasteiger charge is 2.36. The quantitative estimate of drug-likeness (QED) is 0.242. The average Bonchev–Trinajstić information content (AvgIpc) is 3.80. The molecule has 1 saturated carbocycles. The van der Waals surface area contributed by atoms with Gasteiger partial charge < -0.3 is 19.7 Å². The molecule has 0 bridgehead atoms. The second-order valence-corrected chi connectivity index (χ2v) is 12.5. The van der Waals surface area contributed by atoms with Gasteiger partial charge in [0.25, 0.3) is 11.8 Å². The molecule has 0 saturated heterocycles. The van der Waals surface area contributed by atoms with E-state index in [4.69, 9.17) is 21.1 Å². The standard InChI is InChI=1S/C33H32BrClN4O5/c1-19-17-38-29(18-37(19)32(41)22-6-15-27(34)28(35)16-22)30(31(40)36-20(2)21-4-9-24(43-3)10-5-21)39(33(38)42)23-7-11-25(12-8-23)44-26-13-14-26/h4-12,15-16,19-20,26H,13-14,17-18H2,1-3H3,(H,36,40)/t19-,20-/m0/s1. The Morgan fingerprint density at radius 1 is 1.02 bits per heavy atom. The number of imidazole rings is 1. The zero-order chi connectivity index (χ0) is 31.1. The molecule has 0 unspecified atom stereocenters. The van der Waals surface area contributed by atoms with Gasteiger partial charge in [-0.05, 0) is 103 Å². The fourth-order valence-electron chi connectivity index (χ4n) is 5.45. The van der Waals surface area contributed by atoms with Gasteiger partial charge in [0.1, 0.15) is 17.2 Å². The Balaban J connectivity index is 1.39. The number of carbonyl (C=O) groups is 2. The Bertz CT molecular complexity index is 1780. The number of methoxy groups -OCH3 is 1. The van der Waals surface area contributed by atoms with E-state index < -0.39 is 5.91 Å². The van der Waals surface area contributed by atoms with Gasteiger partial charge in [-0.3, -0.25) is 18.7 Å². The van der Waals surface area contributed by atoms with Crippen LogP contribution in [0.25, 0.3) is 5.69 Å². The van der Waals surface area contributed by atoms with Crippen LogP contribution < -0.4 is 20.5 Å². The summed E-state index contributed by atoms with van der Waals surface area (Å²) < 4.78 is 14.9. The number of ether oxygens (including phenoxy) is 2. The zero-order valence-corrected chi connectivity index (χ0v) is 26.9. The minimum absolute atomic E-state index is 0.0679. The van der Waals surface area contributed by atoms with E-state index in [2.05, 4.69) is 21.2 Å². The first-order valence-electron chi connectivity index (χ1n) is 14.5. The van der Waals surface area contributed by atoms with Gasteiger partial charge in [-0.1, -0.05) is 23.7 Å². The molecule has 11 heteroatoms. The number of aromatic nitrogens is 2. The third-order valence-corrected chi connectivity index (χ3v) is 9.30. The number of fused-ring (bicyclic) bond motifs is 1. The van der Waals surface area contributed by atoms with Crippen LogP contribution in [-0.4, -0.2) is 45.1 Å². The number of hydrogen-bond donors (Lipinski definition) is 1. The summed E-state index contributed by atoms with van der Waals surface area (Å²) in [6, 6.07) is 19.0. The number of nitrogens with one attached hydrogen (secondary N) is 1. The maximum absolute atomic E-state index is 14.1. The molecule has 1 aromatic heterocycles. The summed E-state index contributed by atoms with van der Waals surface area (Å²) in [6.07, 6.45) is 2.30. The van der Waals surface area contributed by atoms with Gasteiger partial charge in [-0.25, -0.2) is 4.79 Å². The van der Waals surface area contributed by atoms with Crippen LogP contribution in [0, 0.1) is 0 Å². The van der Waals surface area contributed by atoms with E-state index in [1.54, 1.807) is 46.9 Å². The molecule has 228 valence electrons. The molecule has 1 N–H and O–H groups in total. The van der Waals surface area contributed by atoms with Crippen molar-refractivity contribution in [3.8, 4) is 17.2 Å². The van der Waals surface area contributed by atoms with Crippen LogP contribution in [0.15, 0.2) is 76.0 Å². The number of rotatable bonds is 8. The lowest BCUT2D eigenvalue weighted by molar-refractivity contribution is 0.0610. The van der Waals surface area contributed by atoms with E-state index in [-0.39, 0.29) is 48.6 Å². The molecule has 2 atom stereocenters. The number of amides is 2. The summed E-state index contributed by atoms with van der Waals surface area (Å²) in [4.78, 5) is 43.5. The summed E-state index contributed by atoms with van der Waals surface area (Å²) in [6.45, 7) is 4.07. The van der Waals surface area contributed by atoms with Crippen molar-refractivity contribution in [1.82, 2.24) is 19.4 Å². The van der Waals surface area contributed by atoms with Gasteiger partial charge in [-0.15, -0.1) is 0 Å². The first kappa shape index (κ1) is 30.0. The van der Waals surface area contributed by atoms with E-state index in [1.807, 2.05) is 50.2 Å². The lowest BCUT2D eigenvalue weighted by Gasteiger charge is -2.34. The van der Waals surface area contributed by atoms with Crippen LogP contribution in [0.3, 0.4) is 0 Å². The molecule has 2 aliphatic rings. The second kappa shape index (κ2) is 12.2. The van der Waals surface area contributed by atoms with Crippen LogP contribution in [0.5, 0.6) is 11.5 Å². The predicted octanol–water partition coefficient (Wildman–Crippen LogP) is 6.14. The lowest BCUT2D eigenvalue weighted by Crippen LogP contribution is -2.47. The molecule has 3 aromatic carbocycles. The van der Waals surface area contributed by atoms with Crippen molar-refractivity contribution in [3.05, 3.63) is 109 Å².